The number of aromatic nitrogens is 2. The maximum absolute atomic E-state index is 5.37. The SMILES string of the molecule is COc1nc2sccn2c1CNC1CCCN(C)C1. The Hall–Kier alpha value is -1.11. The molecule has 104 valence electrons. The summed E-state index contributed by atoms with van der Waals surface area (Å²) in [7, 11) is 3.87. The number of hydrogen-bond donors (Lipinski definition) is 1. The molecular formula is C13H20N4OS. The van der Waals surface area contributed by atoms with E-state index in [9.17, 15) is 0 Å². The molecule has 2 aromatic rings. The molecule has 0 aromatic carbocycles. The van der Waals surface area contributed by atoms with Crippen LogP contribution in [0.15, 0.2) is 11.6 Å². The van der Waals surface area contributed by atoms with Gasteiger partial charge in [-0.15, -0.1) is 11.3 Å². The third kappa shape index (κ3) is 2.61. The van der Waals surface area contributed by atoms with Crippen LogP contribution in [0.5, 0.6) is 5.88 Å². The van der Waals surface area contributed by atoms with Crippen LogP contribution in [0.4, 0.5) is 0 Å². The normalized spacial score (nSPS) is 21.1. The van der Waals surface area contributed by atoms with Crippen molar-refractivity contribution in [3.63, 3.8) is 0 Å². The highest BCUT2D eigenvalue weighted by Gasteiger charge is 2.19. The topological polar surface area (TPSA) is 41.8 Å². The minimum atomic E-state index is 0.563. The van der Waals surface area contributed by atoms with Gasteiger partial charge in [-0.1, -0.05) is 0 Å². The van der Waals surface area contributed by atoms with Crippen LogP contribution in [-0.4, -0.2) is 47.6 Å². The lowest BCUT2D eigenvalue weighted by Crippen LogP contribution is -2.43. The van der Waals surface area contributed by atoms with E-state index >= 15 is 0 Å². The third-order valence-electron chi connectivity index (χ3n) is 3.70. The van der Waals surface area contributed by atoms with Gasteiger partial charge in [0.2, 0.25) is 5.88 Å². The molecular weight excluding hydrogens is 260 g/mol. The molecule has 0 saturated carbocycles. The molecule has 0 aliphatic carbocycles. The number of rotatable bonds is 4. The number of fused-ring (bicyclic) bond motifs is 1. The first-order valence-corrected chi connectivity index (χ1v) is 7.56. The highest BCUT2D eigenvalue weighted by atomic mass is 32.1. The molecule has 3 rings (SSSR count). The molecule has 5 nitrogen and oxygen atoms in total. The molecule has 1 atom stereocenters. The van der Waals surface area contributed by atoms with E-state index in [0.29, 0.717) is 6.04 Å². The van der Waals surface area contributed by atoms with Crippen molar-refractivity contribution in [2.24, 2.45) is 0 Å². The van der Waals surface area contributed by atoms with Crippen LogP contribution in [0.2, 0.25) is 0 Å². The van der Waals surface area contributed by atoms with Crippen molar-refractivity contribution in [1.29, 1.82) is 0 Å². The molecule has 1 fully saturated rings. The molecule has 1 aliphatic rings. The summed E-state index contributed by atoms with van der Waals surface area (Å²) < 4.78 is 7.49. The number of likely N-dealkylation sites (tertiary alicyclic amines) is 1. The maximum atomic E-state index is 5.37. The zero-order chi connectivity index (χ0) is 13.2. The van der Waals surface area contributed by atoms with Crippen LogP contribution in [0.3, 0.4) is 0 Å². The summed E-state index contributed by atoms with van der Waals surface area (Å²) in [6.07, 6.45) is 4.57. The highest BCUT2D eigenvalue weighted by Crippen LogP contribution is 2.23. The molecule has 0 bridgehead atoms. The lowest BCUT2D eigenvalue weighted by molar-refractivity contribution is 0.225. The van der Waals surface area contributed by atoms with Crippen molar-refractivity contribution in [2.75, 3.05) is 27.2 Å². The van der Waals surface area contributed by atoms with E-state index in [2.05, 4.69) is 38.2 Å². The fourth-order valence-electron chi connectivity index (χ4n) is 2.71. The Bertz CT molecular complexity index is 550. The smallest absolute Gasteiger partial charge is 0.237 e. The van der Waals surface area contributed by atoms with Gasteiger partial charge in [0, 0.05) is 30.7 Å². The molecule has 6 heteroatoms. The average molecular weight is 280 g/mol. The predicted molar refractivity (Wildman–Crippen MR) is 77.0 cm³/mol. The van der Waals surface area contributed by atoms with Crippen molar-refractivity contribution in [3.05, 3.63) is 17.3 Å². The summed E-state index contributed by atoms with van der Waals surface area (Å²) in [6, 6.07) is 0.563. The van der Waals surface area contributed by atoms with Crippen molar-refractivity contribution >= 4 is 16.3 Å². The van der Waals surface area contributed by atoms with Gasteiger partial charge >= 0.3 is 0 Å². The molecule has 19 heavy (non-hydrogen) atoms. The average Bonchev–Trinajstić information content (AvgIpc) is 2.96. The van der Waals surface area contributed by atoms with Gasteiger partial charge in [0.15, 0.2) is 4.96 Å². The molecule has 2 aromatic heterocycles. The molecule has 1 unspecified atom stereocenters. The number of piperidine rings is 1. The second-order valence-corrected chi connectivity index (χ2v) is 5.98. The Labute approximate surface area is 117 Å². The lowest BCUT2D eigenvalue weighted by Gasteiger charge is -2.30. The molecule has 0 amide bonds. The fraction of sp³-hybridized carbons (Fsp3) is 0.615. The van der Waals surface area contributed by atoms with E-state index in [1.165, 1.54) is 19.4 Å². The number of nitrogens with one attached hydrogen (secondary N) is 1. The quantitative estimate of drug-likeness (QED) is 0.923. The van der Waals surface area contributed by atoms with Crippen molar-refractivity contribution < 1.29 is 4.74 Å². The van der Waals surface area contributed by atoms with E-state index in [1.807, 2.05) is 0 Å². The number of imidazole rings is 1. The van der Waals surface area contributed by atoms with Gasteiger partial charge in [0.1, 0.15) is 5.69 Å². The van der Waals surface area contributed by atoms with Crippen molar-refractivity contribution in [2.45, 2.75) is 25.4 Å². The Balaban J connectivity index is 1.71. The van der Waals surface area contributed by atoms with Gasteiger partial charge in [-0.2, -0.15) is 4.98 Å². The number of methoxy groups -OCH3 is 1. The van der Waals surface area contributed by atoms with E-state index < -0.39 is 0 Å². The van der Waals surface area contributed by atoms with Crippen LogP contribution in [0, 0.1) is 0 Å². The molecule has 3 heterocycles. The Morgan fingerprint density at radius 3 is 3.26 bits per heavy atom. The second kappa shape index (κ2) is 5.48. The number of hydrogen-bond acceptors (Lipinski definition) is 5. The highest BCUT2D eigenvalue weighted by molar-refractivity contribution is 7.15. The zero-order valence-electron chi connectivity index (χ0n) is 11.4. The maximum Gasteiger partial charge on any atom is 0.237 e. The zero-order valence-corrected chi connectivity index (χ0v) is 12.2. The molecule has 0 spiro atoms. The second-order valence-electron chi connectivity index (χ2n) is 5.11. The monoisotopic (exact) mass is 280 g/mol. The van der Waals surface area contributed by atoms with Crippen LogP contribution in [0.1, 0.15) is 18.5 Å². The van der Waals surface area contributed by atoms with Gasteiger partial charge in [0.05, 0.1) is 7.11 Å². The van der Waals surface area contributed by atoms with Gasteiger partial charge < -0.3 is 15.0 Å². The minimum absolute atomic E-state index is 0.563. The predicted octanol–water partition coefficient (Wildman–Crippen LogP) is 1.59. The van der Waals surface area contributed by atoms with E-state index in [4.69, 9.17) is 4.74 Å². The third-order valence-corrected chi connectivity index (χ3v) is 4.46. The largest absolute Gasteiger partial charge is 0.480 e. The standard InChI is InChI=1S/C13H20N4OS/c1-16-5-3-4-10(9-16)14-8-11-12(18-2)15-13-17(11)6-7-19-13/h6-7,10,14H,3-5,8-9H2,1-2H3. The molecule has 1 aliphatic heterocycles. The van der Waals surface area contributed by atoms with Gasteiger partial charge in [-0.3, -0.25) is 4.40 Å². The Kier molecular flexibility index (Phi) is 3.72. The van der Waals surface area contributed by atoms with Crippen LogP contribution < -0.4 is 10.1 Å². The first kappa shape index (κ1) is 12.9. The van der Waals surface area contributed by atoms with E-state index in [1.54, 1.807) is 18.4 Å². The number of likely N-dealkylation sites (N-methyl/N-ethyl adjacent to an activating group) is 1. The molecule has 1 saturated heterocycles. The summed E-state index contributed by atoms with van der Waals surface area (Å²) in [5, 5.41) is 5.69. The first-order valence-electron chi connectivity index (χ1n) is 6.68. The van der Waals surface area contributed by atoms with E-state index in [-0.39, 0.29) is 0 Å². The number of thiazole rings is 1. The summed E-state index contributed by atoms with van der Waals surface area (Å²) in [5.74, 6) is 0.739. The number of ether oxygens (including phenoxy) is 1. The van der Waals surface area contributed by atoms with Crippen molar-refractivity contribution in [1.82, 2.24) is 19.6 Å². The first-order chi connectivity index (χ1) is 9.28. The summed E-state index contributed by atoms with van der Waals surface area (Å²) in [5.41, 5.74) is 1.12. The van der Waals surface area contributed by atoms with Crippen LogP contribution in [0.25, 0.3) is 4.96 Å². The van der Waals surface area contributed by atoms with Gasteiger partial charge in [-0.25, -0.2) is 0 Å². The Morgan fingerprint density at radius 1 is 1.58 bits per heavy atom. The summed E-state index contributed by atoms with van der Waals surface area (Å²) in [6.45, 7) is 3.14. The van der Waals surface area contributed by atoms with Gasteiger partial charge in [0.25, 0.3) is 0 Å². The minimum Gasteiger partial charge on any atom is -0.480 e. The molecule has 0 radical (unpaired) electrons. The summed E-state index contributed by atoms with van der Waals surface area (Å²) >= 11 is 1.64. The fourth-order valence-corrected chi connectivity index (χ4v) is 3.44. The van der Waals surface area contributed by atoms with Gasteiger partial charge in [-0.05, 0) is 26.4 Å². The van der Waals surface area contributed by atoms with Crippen LogP contribution in [-0.2, 0) is 6.54 Å². The lowest BCUT2D eigenvalue weighted by atomic mass is 10.1. The van der Waals surface area contributed by atoms with Crippen molar-refractivity contribution in [3.8, 4) is 5.88 Å². The van der Waals surface area contributed by atoms with Crippen LogP contribution >= 0.6 is 11.3 Å². The summed E-state index contributed by atoms with van der Waals surface area (Å²) in [4.78, 5) is 7.86. The van der Waals surface area contributed by atoms with E-state index in [0.717, 1.165) is 29.6 Å². The number of nitrogens with zero attached hydrogens (tertiary/aromatic N) is 3. The Morgan fingerprint density at radius 2 is 2.47 bits per heavy atom. The molecule has 1 N–H and O–H groups in total.